The number of carbonyl (C=O) groups is 2. The van der Waals surface area contributed by atoms with Crippen molar-refractivity contribution in [2.24, 2.45) is 0 Å². The van der Waals surface area contributed by atoms with Gasteiger partial charge in [-0.25, -0.2) is 0 Å². The molecule has 0 radical (unpaired) electrons. The van der Waals surface area contributed by atoms with Gasteiger partial charge in [-0.05, 0) is 48.6 Å². The minimum absolute atomic E-state index is 0.0192. The molecule has 26 heavy (non-hydrogen) atoms. The van der Waals surface area contributed by atoms with Crippen molar-refractivity contribution in [3.63, 3.8) is 0 Å². The number of ether oxygens (including phenoxy) is 1. The summed E-state index contributed by atoms with van der Waals surface area (Å²) in [7, 11) is 0. The molecule has 1 unspecified atom stereocenters. The number of nitrogens with one attached hydrogen (secondary N) is 2. The van der Waals surface area contributed by atoms with Crippen LogP contribution in [-0.2, 0) is 17.8 Å². The third-order valence-corrected chi connectivity index (χ3v) is 5.92. The summed E-state index contributed by atoms with van der Waals surface area (Å²) in [6.45, 7) is 4.68. The van der Waals surface area contributed by atoms with Gasteiger partial charge in [0.05, 0.1) is 5.69 Å². The monoisotopic (exact) mass is 371 g/mol. The maximum atomic E-state index is 12.5. The Balaban J connectivity index is 1.35. The molecule has 2 aliphatic rings. The zero-order chi connectivity index (χ0) is 18.1. The van der Waals surface area contributed by atoms with Crippen LogP contribution in [-0.4, -0.2) is 42.5 Å². The third kappa shape index (κ3) is 3.45. The van der Waals surface area contributed by atoms with Crippen LogP contribution in [0.2, 0.25) is 0 Å². The highest BCUT2D eigenvalue weighted by Crippen LogP contribution is 2.28. The molecule has 7 heteroatoms. The summed E-state index contributed by atoms with van der Waals surface area (Å²) in [5, 5.41) is 7.89. The normalized spacial score (nSPS) is 17.5. The molecule has 0 aliphatic carbocycles. The fourth-order valence-electron chi connectivity index (χ4n) is 3.33. The van der Waals surface area contributed by atoms with E-state index >= 15 is 0 Å². The van der Waals surface area contributed by atoms with Crippen LogP contribution >= 0.6 is 11.3 Å². The Hall–Kier alpha value is -2.38. The zero-order valence-electron chi connectivity index (χ0n) is 14.6. The van der Waals surface area contributed by atoms with Crippen molar-refractivity contribution in [2.75, 3.05) is 25.0 Å². The van der Waals surface area contributed by atoms with Gasteiger partial charge in [-0.3, -0.25) is 14.5 Å². The fraction of sp³-hybridized carbons (Fsp3) is 0.368. The first-order valence-corrected chi connectivity index (χ1v) is 9.62. The molecule has 3 heterocycles. The number of rotatable bonds is 4. The molecule has 1 atom stereocenters. The smallest absolute Gasteiger partial charge is 0.262 e. The fourth-order valence-corrected chi connectivity index (χ4v) is 4.22. The van der Waals surface area contributed by atoms with Crippen LogP contribution in [0, 0.1) is 0 Å². The summed E-state index contributed by atoms with van der Waals surface area (Å²) in [5.74, 6) is 0.221. The van der Waals surface area contributed by atoms with Crippen molar-refractivity contribution in [1.29, 1.82) is 0 Å². The van der Waals surface area contributed by atoms with E-state index in [4.69, 9.17) is 4.74 Å². The van der Waals surface area contributed by atoms with E-state index in [0.717, 1.165) is 19.5 Å². The maximum Gasteiger partial charge on any atom is 0.262 e. The van der Waals surface area contributed by atoms with E-state index in [1.807, 2.05) is 11.3 Å². The van der Waals surface area contributed by atoms with Crippen LogP contribution in [0.3, 0.4) is 0 Å². The van der Waals surface area contributed by atoms with Crippen LogP contribution < -0.4 is 15.4 Å². The summed E-state index contributed by atoms with van der Waals surface area (Å²) in [6, 6.07) is 7.54. The first-order valence-electron chi connectivity index (χ1n) is 8.74. The maximum absolute atomic E-state index is 12.5. The quantitative estimate of drug-likeness (QED) is 0.865. The van der Waals surface area contributed by atoms with Crippen molar-refractivity contribution in [3.8, 4) is 5.75 Å². The van der Waals surface area contributed by atoms with E-state index in [2.05, 4.69) is 33.9 Å². The molecule has 0 fully saturated rings. The Morgan fingerprint density at radius 2 is 2.31 bits per heavy atom. The molecule has 4 rings (SSSR count). The highest BCUT2D eigenvalue weighted by molar-refractivity contribution is 7.10. The molecular formula is C19H21N3O3S. The lowest BCUT2D eigenvalue weighted by Crippen LogP contribution is -2.44. The number of nitrogens with zero attached hydrogens (tertiary/aromatic N) is 1. The number of benzene rings is 1. The van der Waals surface area contributed by atoms with E-state index in [0.29, 0.717) is 23.5 Å². The largest absolute Gasteiger partial charge is 0.482 e. The molecule has 136 valence electrons. The van der Waals surface area contributed by atoms with E-state index in [-0.39, 0.29) is 24.5 Å². The average molecular weight is 371 g/mol. The summed E-state index contributed by atoms with van der Waals surface area (Å²) in [6.07, 6.45) is 1.08. The van der Waals surface area contributed by atoms with Crippen LogP contribution in [0.4, 0.5) is 5.69 Å². The summed E-state index contributed by atoms with van der Waals surface area (Å²) >= 11 is 1.83. The predicted molar refractivity (Wildman–Crippen MR) is 101 cm³/mol. The lowest BCUT2D eigenvalue weighted by atomic mass is 10.1. The molecule has 2 N–H and O–H groups in total. The Morgan fingerprint density at radius 3 is 3.19 bits per heavy atom. The first kappa shape index (κ1) is 17.1. The highest BCUT2D eigenvalue weighted by Gasteiger charge is 2.22. The van der Waals surface area contributed by atoms with Gasteiger partial charge in [-0.1, -0.05) is 0 Å². The number of anilines is 1. The molecule has 0 spiro atoms. The Morgan fingerprint density at radius 1 is 1.42 bits per heavy atom. The van der Waals surface area contributed by atoms with Gasteiger partial charge in [-0.15, -0.1) is 11.3 Å². The molecule has 0 saturated heterocycles. The second-order valence-corrected chi connectivity index (χ2v) is 7.70. The first-order chi connectivity index (χ1) is 12.6. The van der Waals surface area contributed by atoms with Crippen molar-refractivity contribution >= 4 is 28.8 Å². The molecule has 2 amide bonds. The Bertz CT molecular complexity index is 848. The Labute approximate surface area is 156 Å². The molecule has 1 aromatic heterocycles. The number of amides is 2. The number of hydrogen-bond acceptors (Lipinski definition) is 5. The average Bonchev–Trinajstić information content (AvgIpc) is 3.13. The standard InChI is InChI=1S/C19H21N3O3S/c1-12(22-6-4-17-14(10-22)5-7-26-17)9-20-19(24)13-2-3-15-16(8-13)25-11-18(23)21-15/h2-3,5,7-8,12H,4,6,9-11H2,1H3,(H,20,24)(H,21,23). The minimum atomic E-state index is -0.182. The SMILES string of the molecule is CC(CNC(=O)c1ccc2c(c1)OCC(=O)N2)N1CCc2sccc2C1. The molecule has 6 nitrogen and oxygen atoms in total. The summed E-state index contributed by atoms with van der Waals surface area (Å²) in [4.78, 5) is 27.7. The van der Waals surface area contributed by atoms with Crippen LogP contribution in [0.1, 0.15) is 27.7 Å². The number of thiophene rings is 1. The zero-order valence-corrected chi connectivity index (χ0v) is 15.4. The third-order valence-electron chi connectivity index (χ3n) is 4.90. The molecule has 1 aromatic carbocycles. The van der Waals surface area contributed by atoms with Gasteiger partial charge in [0.1, 0.15) is 5.75 Å². The highest BCUT2D eigenvalue weighted by atomic mass is 32.1. The van der Waals surface area contributed by atoms with Gasteiger partial charge >= 0.3 is 0 Å². The van der Waals surface area contributed by atoms with E-state index in [1.165, 1.54) is 10.4 Å². The summed E-state index contributed by atoms with van der Waals surface area (Å²) in [5.41, 5.74) is 2.55. The topological polar surface area (TPSA) is 70.7 Å². The van der Waals surface area contributed by atoms with Crippen molar-refractivity contribution in [3.05, 3.63) is 45.6 Å². The van der Waals surface area contributed by atoms with Crippen molar-refractivity contribution < 1.29 is 14.3 Å². The van der Waals surface area contributed by atoms with Gasteiger partial charge < -0.3 is 15.4 Å². The molecular weight excluding hydrogens is 350 g/mol. The van der Waals surface area contributed by atoms with Crippen LogP contribution in [0.15, 0.2) is 29.6 Å². The lowest BCUT2D eigenvalue weighted by molar-refractivity contribution is -0.118. The van der Waals surface area contributed by atoms with Gasteiger partial charge in [0.25, 0.3) is 11.8 Å². The van der Waals surface area contributed by atoms with E-state index in [9.17, 15) is 9.59 Å². The number of fused-ring (bicyclic) bond motifs is 2. The number of carbonyl (C=O) groups excluding carboxylic acids is 2. The van der Waals surface area contributed by atoms with E-state index < -0.39 is 0 Å². The Kier molecular flexibility index (Phi) is 4.65. The molecule has 0 bridgehead atoms. The molecule has 2 aromatic rings. The predicted octanol–water partition coefficient (Wildman–Crippen LogP) is 2.26. The van der Waals surface area contributed by atoms with E-state index in [1.54, 1.807) is 18.2 Å². The lowest BCUT2D eigenvalue weighted by Gasteiger charge is -2.32. The number of hydrogen-bond donors (Lipinski definition) is 2. The van der Waals surface area contributed by atoms with Crippen molar-refractivity contribution in [2.45, 2.75) is 25.9 Å². The second kappa shape index (κ2) is 7.09. The van der Waals surface area contributed by atoms with Gasteiger partial charge in [0.15, 0.2) is 6.61 Å². The van der Waals surface area contributed by atoms with Crippen LogP contribution in [0.25, 0.3) is 0 Å². The van der Waals surface area contributed by atoms with Gasteiger partial charge in [0, 0.05) is 36.1 Å². The molecule has 2 aliphatic heterocycles. The molecule has 0 saturated carbocycles. The minimum Gasteiger partial charge on any atom is -0.482 e. The van der Waals surface area contributed by atoms with Crippen molar-refractivity contribution in [1.82, 2.24) is 10.2 Å². The second-order valence-electron chi connectivity index (χ2n) is 6.70. The van der Waals surface area contributed by atoms with Crippen LogP contribution in [0.5, 0.6) is 5.75 Å². The van der Waals surface area contributed by atoms with Gasteiger partial charge in [0.2, 0.25) is 0 Å². The summed E-state index contributed by atoms with van der Waals surface area (Å²) < 4.78 is 5.37. The van der Waals surface area contributed by atoms with Gasteiger partial charge in [-0.2, -0.15) is 0 Å².